The number of rotatable bonds is 3. The quantitative estimate of drug-likeness (QED) is 0.706. The van der Waals surface area contributed by atoms with Gasteiger partial charge in [-0.25, -0.2) is 0 Å². The van der Waals surface area contributed by atoms with Crippen LogP contribution in [0, 0.1) is 6.92 Å². The van der Waals surface area contributed by atoms with Crippen LogP contribution in [0.1, 0.15) is 29.3 Å². The third kappa shape index (κ3) is 2.88. The smallest absolute Gasteiger partial charge is 0.251 e. The molecule has 0 radical (unpaired) electrons. The van der Waals surface area contributed by atoms with Crippen molar-refractivity contribution in [2.45, 2.75) is 32.0 Å². The molecule has 1 fully saturated rings. The van der Waals surface area contributed by atoms with E-state index in [0.29, 0.717) is 24.3 Å². The Balaban J connectivity index is 1.99. The van der Waals surface area contributed by atoms with Gasteiger partial charge in [0.1, 0.15) is 5.60 Å². The van der Waals surface area contributed by atoms with Gasteiger partial charge in [-0.15, -0.1) is 0 Å². The van der Waals surface area contributed by atoms with Crippen LogP contribution in [0.25, 0.3) is 0 Å². The topological polar surface area (TPSA) is 84.6 Å². The second kappa shape index (κ2) is 5.19. The first kappa shape index (κ1) is 13.8. The van der Waals surface area contributed by atoms with Crippen LogP contribution in [0.3, 0.4) is 0 Å². The molecule has 5 heteroatoms. The number of ether oxygens (including phenoxy) is 1. The fourth-order valence-electron chi connectivity index (χ4n) is 2.12. The van der Waals surface area contributed by atoms with Crippen molar-refractivity contribution >= 4 is 11.6 Å². The number of nitrogens with two attached hydrogens (primary N) is 1. The number of nitrogen functional groups attached to an aromatic ring is 1. The summed E-state index contributed by atoms with van der Waals surface area (Å²) in [7, 11) is 0. The first-order valence-corrected chi connectivity index (χ1v) is 6.41. The highest BCUT2D eigenvalue weighted by Crippen LogP contribution is 2.24. The number of aliphatic hydroxyl groups is 1. The second-order valence-corrected chi connectivity index (χ2v) is 5.12. The van der Waals surface area contributed by atoms with Gasteiger partial charge in [0.15, 0.2) is 0 Å². The molecule has 1 amide bonds. The number of benzene rings is 1. The fourth-order valence-corrected chi connectivity index (χ4v) is 2.12. The maximum atomic E-state index is 12.0. The van der Waals surface area contributed by atoms with E-state index < -0.39 is 5.60 Å². The van der Waals surface area contributed by atoms with Crippen molar-refractivity contribution in [2.24, 2.45) is 0 Å². The van der Waals surface area contributed by atoms with Gasteiger partial charge < -0.3 is 20.9 Å². The molecule has 1 aromatic rings. The molecule has 2 unspecified atom stereocenters. The molecule has 1 aliphatic heterocycles. The summed E-state index contributed by atoms with van der Waals surface area (Å²) < 4.78 is 5.32. The third-order valence-corrected chi connectivity index (χ3v) is 3.76. The minimum Gasteiger partial charge on any atom is -0.398 e. The molecule has 104 valence electrons. The standard InChI is InChI=1S/C14H20N2O3/c1-9-3-4-11(7-12(9)15)13(17)16-8-14(18)5-6-19-10(14)2/h3-4,7,10,18H,5-6,8,15H2,1-2H3,(H,16,17). The monoisotopic (exact) mass is 264 g/mol. The number of aryl methyl sites for hydroxylation is 1. The summed E-state index contributed by atoms with van der Waals surface area (Å²) >= 11 is 0. The minimum absolute atomic E-state index is 0.181. The van der Waals surface area contributed by atoms with E-state index in [4.69, 9.17) is 10.5 Å². The summed E-state index contributed by atoms with van der Waals surface area (Å²) in [5.74, 6) is -0.237. The molecule has 0 aliphatic carbocycles. The van der Waals surface area contributed by atoms with Crippen LogP contribution in [0.5, 0.6) is 0 Å². The highest BCUT2D eigenvalue weighted by atomic mass is 16.5. The van der Waals surface area contributed by atoms with Crippen LogP contribution in [-0.2, 0) is 4.74 Å². The number of carbonyl (C=O) groups excluding carboxylic acids is 1. The molecular weight excluding hydrogens is 244 g/mol. The van der Waals surface area contributed by atoms with Gasteiger partial charge >= 0.3 is 0 Å². The predicted octanol–water partition coefficient (Wildman–Crippen LogP) is 0.847. The molecule has 0 spiro atoms. The Morgan fingerprint density at radius 1 is 1.63 bits per heavy atom. The summed E-state index contributed by atoms with van der Waals surface area (Å²) in [6.45, 7) is 4.39. The lowest BCUT2D eigenvalue weighted by atomic mass is 9.96. The maximum Gasteiger partial charge on any atom is 0.251 e. The largest absolute Gasteiger partial charge is 0.398 e. The van der Waals surface area contributed by atoms with Gasteiger partial charge in [0, 0.05) is 30.8 Å². The van der Waals surface area contributed by atoms with Crippen LogP contribution in [0.2, 0.25) is 0 Å². The molecular formula is C14H20N2O3. The normalized spacial score (nSPS) is 26.4. The van der Waals surface area contributed by atoms with Crippen molar-refractivity contribution in [3.05, 3.63) is 29.3 Å². The second-order valence-electron chi connectivity index (χ2n) is 5.12. The Morgan fingerprint density at radius 3 is 2.95 bits per heavy atom. The Morgan fingerprint density at radius 2 is 2.37 bits per heavy atom. The van der Waals surface area contributed by atoms with Crippen molar-refractivity contribution in [1.82, 2.24) is 5.32 Å². The fraction of sp³-hybridized carbons (Fsp3) is 0.500. The molecule has 0 saturated carbocycles. The zero-order chi connectivity index (χ0) is 14.0. The summed E-state index contributed by atoms with van der Waals surface area (Å²) in [6, 6.07) is 5.17. The molecule has 5 nitrogen and oxygen atoms in total. The zero-order valence-electron chi connectivity index (χ0n) is 11.3. The molecule has 19 heavy (non-hydrogen) atoms. The number of anilines is 1. The average Bonchev–Trinajstić information content (AvgIpc) is 2.71. The molecule has 1 saturated heterocycles. The van der Waals surface area contributed by atoms with Crippen LogP contribution in [0.15, 0.2) is 18.2 Å². The van der Waals surface area contributed by atoms with Crippen molar-refractivity contribution in [1.29, 1.82) is 0 Å². The van der Waals surface area contributed by atoms with Crippen LogP contribution in [-0.4, -0.2) is 35.9 Å². The van der Waals surface area contributed by atoms with Gasteiger partial charge in [-0.1, -0.05) is 6.07 Å². The van der Waals surface area contributed by atoms with E-state index in [9.17, 15) is 9.90 Å². The van der Waals surface area contributed by atoms with E-state index in [-0.39, 0.29) is 18.6 Å². The molecule has 0 bridgehead atoms. The van der Waals surface area contributed by atoms with Gasteiger partial charge in [0.25, 0.3) is 5.91 Å². The van der Waals surface area contributed by atoms with Crippen molar-refractivity contribution in [3.8, 4) is 0 Å². The van der Waals surface area contributed by atoms with Gasteiger partial charge in [-0.2, -0.15) is 0 Å². The van der Waals surface area contributed by atoms with E-state index in [1.807, 2.05) is 13.8 Å². The van der Waals surface area contributed by atoms with E-state index in [1.54, 1.807) is 18.2 Å². The van der Waals surface area contributed by atoms with E-state index in [1.165, 1.54) is 0 Å². The third-order valence-electron chi connectivity index (χ3n) is 3.76. The van der Waals surface area contributed by atoms with E-state index in [0.717, 1.165) is 5.56 Å². The summed E-state index contributed by atoms with van der Waals surface area (Å²) in [6.07, 6.45) is 0.265. The zero-order valence-corrected chi connectivity index (χ0v) is 11.3. The summed E-state index contributed by atoms with van der Waals surface area (Å²) in [4.78, 5) is 12.0. The number of nitrogens with one attached hydrogen (secondary N) is 1. The molecule has 2 rings (SSSR count). The number of hydrogen-bond donors (Lipinski definition) is 3. The molecule has 0 aromatic heterocycles. The van der Waals surface area contributed by atoms with Crippen molar-refractivity contribution in [2.75, 3.05) is 18.9 Å². The lowest BCUT2D eigenvalue weighted by Gasteiger charge is -2.26. The Labute approximate surface area is 112 Å². The first-order valence-electron chi connectivity index (χ1n) is 6.41. The first-order chi connectivity index (χ1) is 8.92. The van der Waals surface area contributed by atoms with Crippen LogP contribution >= 0.6 is 0 Å². The van der Waals surface area contributed by atoms with Crippen molar-refractivity contribution in [3.63, 3.8) is 0 Å². The minimum atomic E-state index is -0.980. The summed E-state index contributed by atoms with van der Waals surface area (Å²) in [5, 5.41) is 13.0. The lowest BCUT2D eigenvalue weighted by molar-refractivity contribution is -0.0251. The number of carbonyl (C=O) groups is 1. The average molecular weight is 264 g/mol. The number of amides is 1. The highest BCUT2D eigenvalue weighted by molar-refractivity contribution is 5.95. The molecule has 4 N–H and O–H groups in total. The van der Waals surface area contributed by atoms with E-state index >= 15 is 0 Å². The SMILES string of the molecule is Cc1ccc(C(=O)NCC2(O)CCOC2C)cc1N. The Bertz CT molecular complexity index is 490. The van der Waals surface area contributed by atoms with Crippen LogP contribution < -0.4 is 11.1 Å². The van der Waals surface area contributed by atoms with Gasteiger partial charge in [0.05, 0.1) is 6.10 Å². The van der Waals surface area contributed by atoms with E-state index in [2.05, 4.69) is 5.32 Å². The Hall–Kier alpha value is -1.59. The van der Waals surface area contributed by atoms with Crippen LogP contribution in [0.4, 0.5) is 5.69 Å². The molecule has 1 aliphatic rings. The maximum absolute atomic E-state index is 12.0. The van der Waals surface area contributed by atoms with Gasteiger partial charge in [-0.3, -0.25) is 4.79 Å². The molecule has 1 aromatic carbocycles. The summed E-state index contributed by atoms with van der Waals surface area (Å²) in [5.41, 5.74) is 6.82. The predicted molar refractivity (Wildman–Crippen MR) is 72.9 cm³/mol. The lowest BCUT2D eigenvalue weighted by Crippen LogP contribution is -2.47. The van der Waals surface area contributed by atoms with Gasteiger partial charge in [-0.05, 0) is 31.5 Å². The molecule has 2 atom stereocenters. The van der Waals surface area contributed by atoms with Crippen molar-refractivity contribution < 1.29 is 14.6 Å². The highest BCUT2D eigenvalue weighted by Gasteiger charge is 2.39. The number of hydrogen-bond acceptors (Lipinski definition) is 4. The Kier molecular flexibility index (Phi) is 3.78. The molecule has 1 heterocycles. The van der Waals surface area contributed by atoms with Gasteiger partial charge in [0.2, 0.25) is 0 Å².